The van der Waals surface area contributed by atoms with Crippen LogP contribution in [-0.2, 0) is 25.2 Å². The van der Waals surface area contributed by atoms with Gasteiger partial charge >= 0.3 is 11.9 Å². The van der Waals surface area contributed by atoms with Crippen LogP contribution < -0.4 is 0 Å². The van der Waals surface area contributed by atoms with Crippen LogP contribution >= 0.6 is 22.7 Å². The van der Waals surface area contributed by atoms with Crippen LogP contribution in [0.1, 0.15) is 75.3 Å². The van der Waals surface area contributed by atoms with Gasteiger partial charge in [0.05, 0.1) is 17.9 Å². The van der Waals surface area contributed by atoms with Crippen LogP contribution in [0.3, 0.4) is 0 Å². The fraction of sp³-hybridized carbons (Fsp3) is 0.565. The molecule has 4 rings (SSSR count). The van der Waals surface area contributed by atoms with E-state index in [0.29, 0.717) is 0 Å². The van der Waals surface area contributed by atoms with Crippen LogP contribution in [0.5, 0.6) is 0 Å². The zero-order valence-corrected chi connectivity index (χ0v) is 18.7. The molecule has 0 radical (unpaired) electrons. The van der Waals surface area contributed by atoms with Gasteiger partial charge in [0.2, 0.25) is 0 Å². The summed E-state index contributed by atoms with van der Waals surface area (Å²) in [7, 11) is 1.49. The minimum absolute atomic E-state index is 0.0550. The number of hydrogen-bond acceptors (Lipinski definition) is 5. The normalized spacial score (nSPS) is 20.2. The molecule has 0 saturated heterocycles. The third kappa shape index (κ3) is 4.58. The minimum atomic E-state index is -0.643. The maximum absolute atomic E-state index is 12.0. The molecule has 0 amide bonds. The Bertz CT molecular complexity index is 768. The lowest BCUT2D eigenvalue weighted by molar-refractivity contribution is -0.149. The second-order valence-corrected chi connectivity index (χ2v) is 9.67. The van der Waals surface area contributed by atoms with E-state index in [1.165, 1.54) is 20.0 Å². The summed E-state index contributed by atoms with van der Waals surface area (Å²) in [5, 5.41) is 17.4. The van der Waals surface area contributed by atoms with E-state index in [9.17, 15) is 14.7 Å². The number of hydrogen-bond donors (Lipinski definition) is 1. The van der Waals surface area contributed by atoms with Gasteiger partial charge in [-0.3, -0.25) is 9.59 Å². The Morgan fingerprint density at radius 1 is 0.828 bits per heavy atom. The van der Waals surface area contributed by atoms with Gasteiger partial charge in [0.15, 0.2) is 0 Å². The van der Waals surface area contributed by atoms with Crippen molar-refractivity contribution in [2.45, 2.75) is 75.0 Å². The van der Waals surface area contributed by atoms with E-state index in [1.807, 2.05) is 22.2 Å². The molecule has 2 aromatic heterocycles. The van der Waals surface area contributed by atoms with Gasteiger partial charge in [0, 0.05) is 0 Å². The maximum atomic E-state index is 12.0. The summed E-state index contributed by atoms with van der Waals surface area (Å²) in [4.78, 5) is 23.3. The van der Waals surface area contributed by atoms with Gasteiger partial charge in [-0.05, 0) is 70.5 Å². The Balaban J connectivity index is 0.000000166. The molecule has 1 N–H and O–H groups in total. The standard InChI is InChI=1S/C12H16O2S.C11H14O2S/c1-14-11(13)12(6-3-2-4-7-12)10-5-8-15-9-10;12-10(13)11(5-2-1-3-6-11)9-4-7-14-8-9/h5,8-9H,2-4,6-7H2,1H3;4,7-8H,1-3,5-6H2,(H,12,13). The number of carboxylic acids is 1. The number of ether oxygens (including phenoxy) is 1. The lowest BCUT2D eigenvalue weighted by Crippen LogP contribution is -2.38. The van der Waals surface area contributed by atoms with Gasteiger partial charge < -0.3 is 9.84 Å². The fourth-order valence-corrected chi connectivity index (χ4v) is 6.33. The number of esters is 1. The van der Waals surface area contributed by atoms with Crippen molar-refractivity contribution in [2.24, 2.45) is 0 Å². The Morgan fingerprint density at radius 2 is 1.28 bits per heavy atom. The molecule has 158 valence electrons. The molecule has 2 aliphatic rings. The molecule has 29 heavy (non-hydrogen) atoms. The summed E-state index contributed by atoms with van der Waals surface area (Å²) in [5.74, 6) is -0.698. The maximum Gasteiger partial charge on any atom is 0.316 e. The smallest absolute Gasteiger partial charge is 0.316 e. The highest BCUT2D eigenvalue weighted by molar-refractivity contribution is 7.08. The van der Waals surface area contributed by atoms with Crippen LogP contribution in [0.4, 0.5) is 0 Å². The van der Waals surface area contributed by atoms with Crippen LogP contribution in [0.25, 0.3) is 0 Å². The molecule has 2 aromatic rings. The van der Waals surface area contributed by atoms with Crippen molar-refractivity contribution in [1.29, 1.82) is 0 Å². The molecule has 0 atom stereocenters. The van der Waals surface area contributed by atoms with Crippen LogP contribution in [0, 0.1) is 0 Å². The third-order valence-electron chi connectivity index (χ3n) is 6.55. The monoisotopic (exact) mass is 434 g/mol. The highest BCUT2D eigenvalue weighted by Crippen LogP contribution is 2.42. The minimum Gasteiger partial charge on any atom is -0.481 e. The first-order valence-corrected chi connectivity index (χ1v) is 12.3. The fourth-order valence-electron chi connectivity index (χ4n) is 4.82. The first-order valence-electron chi connectivity index (χ1n) is 10.4. The number of aliphatic carboxylic acids is 1. The van der Waals surface area contributed by atoms with Gasteiger partial charge in [0.25, 0.3) is 0 Å². The van der Waals surface area contributed by atoms with Crippen molar-refractivity contribution in [2.75, 3.05) is 7.11 Å². The van der Waals surface area contributed by atoms with Crippen LogP contribution in [0.15, 0.2) is 33.7 Å². The number of methoxy groups -OCH3 is 1. The quantitative estimate of drug-likeness (QED) is 0.586. The summed E-state index contributed by atoms with van der Waals surface area (Å²) < 4.78 is 4.98. The average Bonchev–Trinajstić information content (AvgIpc) is 3.49. The summed E-state index contributed by atoms with van der Waals surface area (Å²) in [6.07, 6.45) is 10.3. The molecule has 0 aliphatic heterocycles. The van der Waals surface area contributed by atoms with Crippen molar-refractivity contribution in [1.82, 2.24) is 0 Å². The number of thiophene rings is 2. The van der Waals surface area contributed by atoms with Crippen molar-refractivity contribution in [3.63, 3.8) is 0 Å². The van der Waals surface area contributed by atoms with Crippen molar-refractivity contribution >= 4 is 34.6 Å². The number of carboxylic acid groups (broad SMARTS) is 1. The highest BCUT2D eigenvalue weighted by atomic mass is 32.1. The van der Waals surface area contributed by atoms with Gasteiger partial charge in [-0.25, -0.2) is 0 Å². The Morgan fingerprint density at radius 3 is 1.66 bits per heavy atom. The number of rotatable bonds is 4. The van der Waals surface area contributed by atoms with Crippen LogP contribution in [0.2, 0.25) is 0 Å². The molecule has 2 fully saturated rings. The molecular formula is C23H30O4S2. The Kier molecular flexibility index (Phi) is 7.52. The van der Waals surface area contributed by atoms with E-state index < -0.39 is 11.4 Å². The Hall–Kier alpha value is -1.66. The molecule has 2 aliphatic carbocycles. The molecule has 2 saturated carbocycles. The van der Waals surface area contributed by atoms with E-state index >= 15 is 0 Å². The van der Waals surface area contributed by atoms with Gasteiger partial charge in [-0.2, -0.15) is 22.7 Å². The van der Waals surface area contributed by atoms with Gasteiger partial charge in [-0.1, -0.05) is 38.5 Å². The van der Waals surface area contributed by atoms with E-state index in [-0.39, 0.29) is 11.4 Å². The zero-order chi connectivity index (χ0) is 20.7. The van der Waals surface area contributed by atoms with Crippen LogP contribution in [-0.4, -0.2) is 24.2 Å². The first-order chi connectivity index (χ1) is 14.0. The van der Waals surface area contributed by atoms with E-state index in [0.717, 1.165) is 62.5 Å². The lowest BCUT2D eigenvalue weighted by atomic mass is 9.70. The summed E-state index contributed by atoms with van der Waals surface area (Å²) >= 11 is 3.24. The molecule has 6 heteroatoms. The SMILES string of the molecule is COC(=O)C1(c2ccsc2)CCCCC1.O=C(O)C1(c2ccsc2)CCCCC1. The van der Waals surface area contributed by atoms with Gasteiger partial charge in [0.1, 0.15) is 0 Å². The van der Waals surface area contributed by atoms with Crippen molar-refractivity contribution < 1.29 is 19.4 Å². The molecule has 0 aromatic carbocycles. The predicted octanol–water partition coefficient (Wildman–Crippen LogP) is 6.16. The first kappa shape index (κ1) is 22.0. The topological polar surface area (TPSA) is 63.6 Å². The summed E-state index contributed by atoms with van der Waals surface area (Å²) in [5.41, 5.74) is 1.25. The largest absolute Gasteiger partial charge is 0.481 e. The van der Waals surface area contributed by atoms with Crippen molar-refractivity contribution in [3.8, 4) is 0 Å². The highest BCUT2D eigenvalue weighted by Gasteiger charge is 2.42. The molecule has 0 spiro atoms. The van der Waals surface area contributed by atoms with E-state index in [2.05, 4.69) is 11.4 Å². The Labute approximate surface area is 180 Å². The predicted molar refractivity (Wildman–Crippen MR) is 118 cm³/mol. The summed E-state index contributed by atoms with van der Waals surface area (Å²) in [6.45, 7) is 0. The lowest BCUT2D eigenvalue weighted by Gasteiger charge is -2.34. The van der Waals surface area contributed by atoms with E-state index in [4.69, 9.17) is 4.74 Å². The second-order valence-electron chi connectivity index (χ2n) is 8.11. The number of carbonyl (C=O) groups is 2. The zero-order valence-electron chi connectivity index (χ0n) is 17.0. The number of carbonyl (C=O) groups excluding carboxylic acids is 1. The van der Waals surface area contributed by atoms with Gasteiger partial charge in [-0.15, -0.1) is 0 Å². The molecule has 4 nitrogen and oxygen atoms in total. The van der Waals surface area contributed by atoms with E-state index in [1.54, 1.807) is 22.7 Å². The molecule has 0 unspecified atom stereocenters. The summed E-state index contributed by atoms with van der Waals surface area (Å²) in [6, 6.07) is 4.02. The molecule has 2 heterocycles. The van der Waals surface area contributed by atoms with Crippen molar-refractivity contribution in [3.05, 3.63) is 44.8 Å². The average molecular weight is 435 g/mol. The second kappa shape index (κ2) is 9.90. The molecular weight excluding hydrogens is 404 g/mol. The third-order valence-corrected chi connectivity index (χ3v) is 7.91. The molecule has 0 bridgehead atoms.